The highest BCUT2D eigenvalue weighted by Gasteiger charge is 2.00. The van der Waals surface area contributed by atoms with Gasteiger partial charge < -0.3 is 9.47 Å². The quantitative estimate of drug-likeness (QED) is 0.377. The van der Waals surface area contributed by atoms with Crippen LogP contribution in [0.4, 0.5) is 0 Å². The van der Waals surface area contributed by atoms with Gasteiger partial charge in [0.05, 0.1) is 6.54 Å². The van der Waals surface area contributed by atoms with Gasteiger partial charge in [-0.15, -0.1) is 0 Å². The Labute approximate surface area is 98.2 Å². The summed E-state index contributed by atoms with van der Waals surface area (Å²) in [5, 5.41) is 0. The van der Waals surface area contributed by atoms with E-state index in [0.717, 1.165) is 11.1 Å². The van der Waals surface area contributed by atoms with E-state index in [1.165, 1.54) is 0 Å². The highest BCUT2D eigenvalue weighted by Crippen LogP contribution is 1.98. The van der Waals surface area contributed by atoms with Gasteiger partial charge in [-0.2, -0.15) is 0 Å². The molecule has 0 atom stereocenters. The van der Waals surface area contributed by atoms with Crippen molar-refractivity contribution >= 4 is 6.21 Å². The van der Waals surface area contributed by atoms with E-state index in [4.69, 9.17) is 9.47 Å². The number of rotatable bonds is 7. The van der Waals surface area contributed by atoms with Crippen LogP contribution in [-0.4, -0.2) is 33.3 Å². The fraction of sp³-hybridized carbons (Fsp3) is 0.462. The molecule has 0 N–H and O–H groups in total. The second-order valence-electron chi connectivity index (χ2n) is 3.36. The minimum absolute atomic E-state index is 0.278. The lowest BCUT2D eigenvalue weighted by Crippen LogP contribution is -2.16. The lowest BCUT2D eigenvalue weighted by Gasteiger charge is -2.09. The summed E-state index contributed by atoms with van der Waals surface area (Å²) in [6.07, 6.45) is 7.42. The molecule has 16 heavy (non-hydrogen) atoms. The summed E-state index contributed by atoms with van der Waals surface area (Å²) >= 11 is 0. The molecule has 0 rings (SSSR count). The molecule has 0 bridgehead atoms. The summed E-state index contributed by atoms with van der Waals surface area (Å²) in [6.45, 7) is 8.21. The van der Waals surface area contributed by atoms with Crippen LogP contribution in [0.5, 0.6) is 0 Å². The largest absolute Gasteiger partial charge is 0.354 e. The molecule has 0 aromatic rings. The summed E-state index contributed by atoms with van der Waals surface area (Å²) in [4.78, 5) is 4.24. The molecule has 3 heteroatoms. The van der Waals surface area contributed by atoms with Gasteiger partial charge in [-0.25, -0.2) is 0 Å². The Morgan fingerprint density at radius 3 is 2.38 bits per heavy atom. The third kappa shape index (κ3) is 7.15. The lowest BCUT2D eigenvalue weighted by atomic mass is 10.2. The second kappa shape index (κ2) is 9.07. The Morgan fingerprint density at radius 1 is 1.31 bits per heavy atom. The number of allylic oxidation sites excluding steroid dienone is 5. The highest BCUT2D eigenvalue weighted by atomic mass is 16.7. The van der Waals surface area contributed by atoms with E-state index in [-0.39, 0.29) is 6.29 Å². The van der Waals surface area contributed by atoms with Crippen molar-refractivity contribution in [3.63, 3.8) is 0 Å². The Morgan fingerprint density at radius 2 is 1.94 bits per heavy atom. The first kappa shape index (κ1) is 14.8. The molecule has 0 aliphatic heterocycles. The molecule has 0 aromatic carbocycles. The van der Waals surface area contributed by atoms with Crippen molar-refractivity contribution in [3.05, 3.63) is 36.0 Å². The van der Waals surface area contributed by atoms with Gasteiger partial charge in [-0.1, -0.05) is 30.4 Å². The molecule has 0 amide bonds. The number of aliphatic imine (C=N–C) groups is 1. The van der Waals surface area contributed by atoms with Gasteiger partial charge in [-0.3, -0.25) is 4.99 Å². The van der Waals surface area contributed by atoms with E-state index < -0.39 is 0 Å². The first-order chi connectivity index (χ1) is 7.63. The summed E-state index contributed by atoms with van der Waals surface area (Å²) in [7, 11) is 3.20. The molecule has 0 aliphatic rings. The van der Waals surface area contributed by atoms with Crippen molar-refractivity contribution in [2.75, 3.05) is 20.8 Å². The van der Waals surface area contributed by atoms with Crippen molar-refractivity contribution in [2.45, 2.75) is 20.1 Å². The third-order valence-corrected chi connectivity index (χ3v) is 1.91. The number of nitrogens with zero attached hydrogens (tertiary/aromatic N) is 1. The zero-order chi connectivity index (χ0) is 12.4. The van der Waals surface area contributed by atoms with Crippen molar-refractivity contribution < 1.29 is 9.47 Å². The number of hydrogen-bond acceptors (Lipinski definition) is 3. The number of ether oxygens (including phenoxy) is 2. The standard InChI is InChI=1S/C13H21NO2/c1-6-12(8-7-11(2)3)9-14-10-13(15-4)16-5/h6-9,13H,2,10H2,1,3-5H3/b8-7-,12-6+,14-9?. The van der Waals surface area contributed by atoms with Crippen LogP contribution in [0.25, 0.3) is 0 Å². The summed E-state index contributed by atoms with van der Waals surface area (Å²) in [6, 6.07) is 0. The fourth-order valence-electron chi connectivity index (χ4n) is 0.942. The molecule has 0 unspecified atom stereocenters. The summed E-state index contributed by atoms with van der Waals surface area (Å²) in [5.74, 6) is 0. The first-order valence-corrected chi connectivity index (χ1v) is 5.19. The zero-order valence-electron chi connectivity index (χ0n) is 10.6. The van der Waals surface area contributed by atoms with Crippen molar-refractivity contribution in [2.24, 2.45) is 4.99 Å². The van der Waals surface area contributed by atoms with Crippen LogP contribution >= 0.6 is 0 Å². The average molecular weight is 223 g/mol. The topological polar surface area (TPSA) is 30.8 Å². The van der Waals surface area contributed by atoms with Crippen LogP contribution in [-0.2, 0) is 9.47 Å². The highest BCUT2D eigenvalue weighted by molar-refractivity contribution is 5.82. The van der Waals surface area contributed by atoms with Crippen molar-refractivity contribution in [1.82, 2.24) is 0 Å². The van der Waals surface area contributed by atoms with E-state index in [9.17, 15) is 0 Å². The summed E-state index contributed by atoms with van der Waals surface area (Å²) in [5.41, 5.74) is 2.05. The first-order valence-electron chi connectivity index (χ1n) is 5.19. The van der Waals surface area contributed by atoms with Gasteiger partial charge in [0.25, 0.3) is 0 Å². The molecule has 90 valence electrons. The molecule has 0 heterocycles. The van der Waals surface area contributed by atoms with Crippen LogP contribution < -0.4 is 0 Å². The van der Waals surface area contributed by atoms with E-state index in [1.807, 2.05) is 32.1 Å². The van der Waals surface area contributed by atoms with Crippen LogP contribution in [0.15, 0.2) is 40.9 Å². The average Bonchev–Trinajstić information content (AvgIpc) is 2.28. The SMILES string of the molecule is C=C(C)/C=C\C(C=NCC(OC)OC)=C/C. The van der Waals surface area contributed by atoms with E-state index in [2.05, 4.69) is 11.6 Å². The zero-order valence-corrected chi connectivity index (χ0v) is 10.6. The van der Waals surface area contributed by atoms with Crippen molar-refractivity contribution in [3.8, 4) is 0 Å². The van der Waals surface area contributed by atoms with Gasteiger partial charge >= 0.3 is 0 Å². The maximum absolute atomic E-state index is 5.03. The maximum atomic E-state index is 5.03. The molecular formula is C13H21NO2. The van der Waals surface area contributed by atoms with Crippen LogP contribution in [0.3, 0.4) is 0 Å². The van der Waals surface area contributed by atoms with Crippen LogP contribution in [0.2, 0.25) is 0 Å². The van der Waals surface area contributed by atoms with Crippen molar-refractivity contribution in [1.29, 1.82) is 0 Å². The molecule has 0 aromatic heterocycles. The number of methoxy groups -OCH3 is 2. The summed E-state index contributed by atoms with van der Waals surface area (Å²) < 4.78 is 10.1. The fourth-order valence-corrected chi connectivity index (χ4v) is 0.942. The normalized spacial score (nSPS) is 13.2. The number of hydrogen-bond donors (Lipinski definition) is 0. The lowest BCUT2D eigenvalue weighted by molar-refractivity contribution is -0.0936. The molecule has 0 saturated carbocycles. The van der Waals surface area contributed by atoms with Crippen LogP contribution in [0, 0.1) is 0 Å². The predicted octanol–water partition coefficient (Wildman–Crippen LogP) is 2.75. The molecule has 0 fully saturated rings. The van der Waals surface area contributed by atoms with Crippen LogP contribution in [0.1, 0.15) is 13.8 Å². The molecular weight excluding hydrogens is 202 g/mol. The second-order valence-corrected chi connectivity index (χ2v) is 3.36. The monoisotopic (exact) mass is 223 g/mol. The van der Waals surface area contributed by atoms with Gasteiger partial charge in [0.2, 0.25) is 0 Å². The molecule has 0 radical (unpaired) electrons. The van der Waals surface area contributed by atoms with E-state index >= 15 is 0 Å². The molecule has 0 saturated heterocycles. The van der Waals surface area contributed by atoms with Gasteiger partial charge in [0, 0.05) is 20.4 Å². The minimum atomic E-state index is -0.278. The van der Waals surface area contributed by atoms with E-state index in [0.29, 0.717) is 6.54 Å². The Bertz CT molecular complexity index is 286. The third-order valence-electron chi connectivity index (χ3n) is 1.91. The smallest absolute Gasteiger partial charge is 0.176 e. The Hall–Kier alpha value is -1.19. The molecule has 0 aliphatic carbocycles. The van der Waals surface area contributed by atoms with Gasteiger partial charge in [0.15, 0.2) is 6.29 Å². The van der Waals surface area contributed by atoms with Gasteiger partial charge in [0.1, 0.15) is 0 Å². The Balaban J connectivity index is 4.23. The molecule has 0 spiro atoms. The maximum Gasteiger partial charge on any atom is 0.176 e. The minimum Gasteiger partial charge on any atom is -0.354 e. The predicted molar refractivity (Wildman–Crippen MR) is 68.9 cm³/mol. The molecule has 3 nitrogen and oxygen atoms in total. The van der Waals surface area contributed by atoms with Gasteiger partial charge in [-0.05, 0) is 19.4 Å². The van der Waals surface area contributed by atoms with E-state index in [1.54, 1.807) is 20.4 Å². The Kier molecular flexibility index (Phi) is 8.39.